The van der Waals surface area contributed by atoms with Crippen LogP contribution in [0.1, 0.15) is 32.4 Å². The highest BCUT2D eigenvalue weighted by molar-refractivity contribution is 8.01. The molecule has 2 fully saturated rings. The molecule has 0 radical (unpaired) electrons. The van der Waals surface area contributed by atoms with Crippen molar-refractivity contribution in [1.82, 2.24) is 10.2 Å². The topological polar surface area (TPSA) is 102 Å². The van der Waals surface area contributed by atoms with Gasteiger partial charge in [0.25, 0.3) is 5.91 Å². The van der Waals surface area contributed by atoms with Crippen molar-refractivity contribution in [3.8, 4) is 0 Å². The molecule has 174 valence electrons. The Morgan fingerprint density at radius 1 is 1.22 bits per heavy atom. The molecule has 1 aromatic rings. The van der Waals surface area contributed by atoms with E-state index in [1.807, 2.05) is 0 Å². The zero-order chi connectivity index (χ0) is 23.8. The number of nitrogens with one attached hydrogen (secondary N) is 1. The number of hydrogen-bond acceptors (Lipinski definition) is 7. The van der Waals surface area contributed by atoms with Gasteiger partial charge in [0, 0.05) is 17.2 Å². The van der Waals surface area contributed by atoms with Crippen LogP contribution in [0.4, 0.5) is 0 Å². The summed E-state index contributed by atoms with van der Waals surface area (Å²) < 4.78 is 7.80. The molecule has 32 heavy (non-hydrogen) atoms. The second-order valence-corrected chi connectivity index (χ2v) is 12.2. The Morgan fingerprint density at radius 2 is 1.84 bits per heavy atom. The van der Waals surface area contributed by atoms with E-state index >= 15 is 0 Å². The molecule has 2 aliphatic rings. The molecule has 4 atom stereocenters. The molecule has 3 rings (SSSR count). The standard InChI is InChI=1S/C20H21Cl3N2O6S/c1-10(26)31-13(11-7-5-4-6-8-11)15(27)24-12-16(28)25-14(19(2,3)32-17(12)25)18(29)30-9-20(21,22)23/h4-8,12-14,17H,9H2,1-3H3,(H,24,27)/t12?,13?,14?,17-/m0/s1. The molecule has 1 aromatic carbocycles. The summed E-state index contributed by atoms with van der Waals surface area (Å²) in [6.45, 7) is 4.31. The van der Waals surface area contributed by atoms with Crippen LogP contribution in [0, 0.1) is 0 Å². The fraction of sp³-hybridized carbons (Fsp3) is 0.500. The number of rotatable bonds is 6. The van der Waals surface area contributed by atoms with Crippen molar-refractivity contribution in [1.29, 1.82) is 0 Å². The van der Waals surface area contributed by atoms with Crippen molar-refractivity contribution in [2.24, 2.45) is 0 Å². The SMILES string of the molecule is CC(=O)OC(C(=O)NC1C(=O)N2C(C(=O)OCC(Cl)(Cl)Cl)C(C)(C)S[C@@H]12)c1ccccc1. The summed E-state index contributed by atoms with van der Waals surface area (Å²) in [4.78, 5) is 51.3. The van der Waals surface area contributed by atoms with Crippen molar-refractivity contribution in [3.63, 3.8) is 0 Å². The number of benzene rings is 1. The van der Waals surface area contributed by atoms with Crippen LogP contribution in [0.15, 0.2) is 30.3 Å². The third-order valence-electron chi connectivity index (χ3n) is 4.96. The molecule has 1 N–H and O–H groups in total. The van der Waals surface area contributed by atoms with Gasteiger partial charge in [0.05, 0.1) is 0 Å². The Balaban J connectivity index is 1.73. The first-order chi connectivity index (χ1) is 14.8. The number of β-lactam (4-membered cyclic amide) rings is 1. The van der Waals surface area contributed by atoms with Crippen LogP contribution in [0.25, 0.3) is 0 Å². The third kappa shape index (κ3) is 5.27. The van der Waals surface area contributed by atoms with Gasteiger partial charge in [-0.3, -0.25) is 14.4 Å². The van der Waals surface area contributed by atoms with Gasteiger partial charge in [0.1, 0.15) is 24.1 Å². The van der Waals surface area contributed by atoms with Crippen LogP contribution in [0.3, 0.4) is 0 Å². The van der Waals surface area contributed by atoms with Crippen LogP contribution >= 0.6 is 46.6 Å². The Kier molecular flexibility index (Phi) is 7.24. The number of amides is 2. The monoisotopic (exact) mass is 522 g/mol. The molecule has 2 saturated heterocycles. The summed E-state index contributed by atoms with van der Waals surface area (Å²) in [5.74, 6) is -2.42. The maximum Gasteiger partial charge on any atom is 0.330 e. The number of fused-ring (bicyclic) bond motifs is 1. The number of carbonyl (C=O) groups is 4. The first-order valence-corrected chi connectivity index (χ1v) is 11.6. The number of esters is 2. The average molecular weight is 524 g/mol. The fourth-order valence-corrected chi connectivity index (χ4v) is 5.44. The second-order valence-electron chi connectivity index (χ2n) is 7.87. The van der Waals surface area contributed by atoms with Crippen molar-refractivity contribution in [2.75, 3.05) is 6.61 Å². The summed E-state index contributed by atoms with van der Waals surface area (Å²) in [5.41, 5.74) is 0.469. The Hall–Kier alpha value is -1.68. The minimum absolute atomic E-state index is 0.452. The molecule has 12 heteroatoms. The van der Waals surface area contributed by atoms with Gasteiger partial charge in [-0.1, -0.05) is 65.1 Å². The predicted octanol–water partition coefficient (Wildman–Crippen LogP) is 2.75. The summed E-state index contributed by atoms with van der Waals surface area (Å²) >= 11 is 18.3. The molecule has 3 unspecified atom stereocenters. The van der Waals surface area contributed by atoms with E-state index in [1.54, 1.807) is 44.2 Å². The summed E-state index contributed by atoms with van der Waals surface area (Å²) in [7, 11) is 0. The lowest BCUT2D eigenvalue weighted by atomic mass is 9.95. The van der Waals surface area contributed by atoms with Crippen LogP contribution < -0.4 is 5.32 Å². The third-order valence-corrected chi connectivity index (χ3v) is 6.86. The normalized spacial score (nSPS) is 24.8. The van der Waals surface area contributed by atoms with E-state index in [0.29, 0.717) is 5.56 Å². The lowest BCUT2D eigenvalue weighted by Gasteiger charge is -2.44. The molecule has 0 aliphatic carbocycles. The van der Waals surface area contributed by atoms with E-state index in [2.05, 4.69) is 5.32 Å². The molecular weight excluding hydrogens is 503 g/mol. The van der Waals surface area contributed by atoms with E-state index in [0.717, 1.165) is 0 Å². The molecule has 0 saturated carbocycles. The first kappa shape index (κ1) is 25.0. The maximum absolute atomic E-state index is 12.9. The highest BCUT2D eigenvalue weighted by atomic mass is 35.6. The van der Waals surface area contributed by atoms with Crippen molar-refractivity contribution in [3.05, 3.63) is 35.9 Å². The largest absolute Gasteiger partial charge is 0.460 e. The van der Waals surface area contributed by atoms with Crippen molar-refractivity contribution >= 4 is 70.3 Å². The molecular formula is C20H21Cl3N2O6S. The quantitative estimate of drug-likeness (QED) is 0.347. The first-order valence-electron chi connectivity index (χ1n) is 9.58. The number of thioether (sulfide) groups is 1. The number of halogens is 3. The van der Waals surface area contributed by atoms with E-state index in [1.165, 1.54) is 23.6 Å². The van der Waals surface area contributed by atoms with E-state index in [4.69, 9.17) is 44.3 Å². The lowest BCUT2D eigenvalue weighted by molar-refractivity contribution is -0.165. The van der Waals surface area contributed by atoms with Crippen molar-refractivity contribution in [2.45, 2.75) is 52.9 Å². The average Bonchev–Trinajstić information content (AvgIpc) is 2.96. The van der Waals surface area contributed by atoms with Gasteiger partial charge in [-0.2, -0.15) is 0 Å². The highest BCUT2D eigenvalue weighted by Crippen LogP contribution is 2.51. The Labute approximate surface area is 204 Å². The molecule has 2 amide bonds. The minimum atomic E-state index is -1.77. The van der Waals surface area contributed by atoms with Gasteiger partial charge in [-0.25, -0.2) is 4.79 Å². The Bertz CT molecular complexity index is 924. The minimum Gasteiger partial charge on any atom is -0.460 e. The summed E-state index contributed by atoms with van der Waals surface area (Å²) in [6, 6.07) is 6.66. The molecule has 0 aromatic heterocycles. The van der Waals surface area contributed by atoms with Crippen LogP contribution in [0.5, 0.6) is 0 Å². The molecule has 0 spiro atoms. The number of ether oxygens (including phenoxy) is 2. The van der Waals surface area contributed by atoms with Gasteiger partial charge < -0.3 is 19.7 Å². The molecule has 8 nitrogen and oxygen atoms in total. The van der Waals surface area contributed by atoms with Gasteiger partial charge in [-0.15, -0.1) is 11.8 Å². The number of alkyl halides is 3. The van der Waals surface area contributed by atoms with Gasteiger partial charge in [0.15, 0.2) is 0 Å². The van der Waals surface area contributed by atoms with Crippen LogP contribution in [-0.4, -0.2) is 61.3 Å². The summed E-state index contributed by atoms with van der Waals surface area (Å²) in [5, 5.41) is 2.15. The highest BCUT2D eigenvalue weighted by Gasteiger charge is 2.64. The summed E-state index contributed by atoms with van der Waals surface area (Å²) in [6.07, 6.45) is -1.21. The van der Waals surface area contributed by atoms with E-state index in [9.17, 15) is 19.2 Å². The predicted molar refractivity (Wildman–Crippen MR) is 120 cm³/mol. The smallest absolute Gasteiger partial charge is 0.330 e. The van der Waals surface area contributed by atoms with Crippen molar-refractivity contribution < 1.29 is 28.7 Å². The van der Waals surface area contributed by atoms with Gasteiger partial charge in [-0.05, 0) is 13.8 Å². The zero-order valence-electron chi connectivity index (χ0n) is 17.3. The lowest BCUT2D eigenvalue weighted by Crippen LogP contribution is -2.71. The van der Waals surface area contributed by atoms with Gasteiger partial charge in [0.2, 0.25) is 15.8 Å². The molecule has 0 bridgehead atoms. The molecule has 2 aliphatic heterocycles. The maximum atomic E-state index is 12.9. The van der Waals surface area contributed by atoms with E-state index < -0.39 is 62.5 Å². The van der Waals surface area contributed by atoms with E-state index in [-0.39, 0.29) is 0 Å². The van der Waals surface area contributed by atoms with Crippen LogP contribution in [-0.2, 0) is 28.7 Å². The van der Waals surface area contributed by atoms with Gasteiger partial charge >= 0.3 is 11.9 Å². The number of nitrogens with zero attached hydrogens (tertiary/aromatic N) is 1. The fourth-order valence-electron chi connectivity index (χ4n) is 3.65. The molecule has 2 heterocycles. The Morgan fingerprint density at radius 3 is 2.41 bits per heavy atom. The number of carbonyl (C=O) groups excluding carboxylic acids is 4. The second kappa shape index (κ2) is 9.29. The van der Waals surface area contributed by atoms with Crippen LogP contribution in [0.2, 0.25) is 0 Å². The zero-order valence-corrected chi connectivity index (χ0v) is 20.4. The number of hydrogen-bond donors (Lipinski definition) is 1.